The Labute approximate surface area is 104 Å². The summed E-state index contributed by atoms with van der Waals surface area (Å²) in [5.41, 5.74) is -0.783. The van der Waals surface area contributed by atoms with Gasteiger partial charge >= 0.3 is 6.36 Å². The van der Waals surface area contributed by atoms with E-state index in [1.165, 1.54) is 12.1 Å². The number of amides is 1. The van der Waals surface area contributed by atoms with E-state index < -0.39 is 23.1 Å². The number of aliphatic hydroxyl groups is 1. The number of aliphatic hydroxyl groups excluding tert-OH is 1. The fraction of sp³-hybridized carbons (Fsp3) is 0.300. The monoisotopic (exact) mass is 279 g/mol. The van der Waals surface area contributed by atoms with Gasteiger partial charge in [0, 0.05) is 0 Å². The van der Waals surface area contributed by atoms with Crippen molar-refractivity contribution in [2.75, 3.05) is 0 Å². The second-order valence-corrected chi connectivity index (χ2v) is 4.69. The van der Waals surface area contributed by atoms with Crippen molar-refractivity contribution < 1.29 is 27.8 Å². The zero-order chi connectivity index (χ0) is 13.3. The molecule has 1 heterocycles. The lowest BCUT2D eigenvalue weighted by Gasteiger charge is -2.13. The maximum absolute atomic E-state index is 12.0. The van der Waals surface area contributed by atoms with Crippen molar-refractivity contribution >= 4 is 17.7 Å². The first-order valence-corrected chi connectivity index (χ1v) is 5.79. The molecule has 2 atom stereocenters. The summed E-state index contributed by atoms with van der Waals surface area (Å²) in [6, 6.07) is 5.26. The number of alkyl halides is 3. The van der Waals surface area contributed by atoms with Gasteiger partial charge in [0.2, 0.25) is 0 Å². The van der Waals surface area contributed by atoms with Crippen LogP contribution in [0.2, 0.25) is 0 Å². The number of hydrogen-bond donors (Lipinski definition) is 2. The summed E-state index contributed by atoms with van der Waals surface area (Å²) in [6.45, 7) is 0. The van der Waals surface area contributed by atoms with Crippen LogP contribution in [-0.4, -0.2) is 22.8 Å². The largest absolute Gasteiger partial charge is 0.573 e. The molecule has 98 valence electrons. The van der Waals surface area contributed by atoms with Crippen molar-refractivity contribution in [2.24, 2.45) is 0 Å². The summed E-state index contributed by atoms with van der Waals surface area (Å²) in [5, 5.41) is 11.1. The molecule has 1 aliphatic heterocycles. The molecule has 1 saturated heterocycles. The van der Waals surface area contributed by atoms with E-state index in [-0.39, 0.29) is 5.75 Å². The van der Waals surface area contributed by atoms with Gasteiger partial charge in [0.05, 0.1) is 0 Å². The first kappa shape index (κ1) is 13.0. The minimum absolute atomic E-state index is 0.365. The molecule has 0 aliphatic carbocycles. The molecule has 2 N–H and O–H groups in total. The SMILES string of the molecule is O=C1NC(c2cccc(OC(F)(F)F)c2)SC1O. The molecule has 1 fully saturated rings. The van der Waals surface area contributed by atoms with Gasteiger partial charge in [-0.15, -0.1) is 13.2 Å². The average Bonchev–Trinajstić information content (AvgIpc) is 2.57. The second kappa shape index (κ2) is 4.69. The number of rotatable bonds is 2. The maximum atomic E-state index is 12.0. The van der Waals surface area contributed by atoms with Gasteiger partial charge in [0.15, 0.2) is 5.44 Å². The van der Waals surface area contributed by atoms with Crippen molar-refractivity contribution in [2.45, 2.75) is 17.2 Å². The molecule has 2 rings (SSSR count). The van der Waals surface area contributed by atoms with Crippen molar-refractivity contribution in [3.05, 3.63) is 29.8 Å². The van der Waals surface area contributed by atoms with Crippen LogP contribution in [0.25, 0.3) is 0 Å². The van der Waals surface area contributed by atoms with Crippen molar-refractivity contribution in [3.63, 3.8) is 0 Å². The average molecular weight is 279 g/mol. The Morgan fingerprint density at radius 2 is 2.11 bits per heavy atom. The number of hydrogen-bond acceptors (Lipinski definition) is 4. The van der Waals surface area contributed by atoms with E-state index in [4.69, 9.17) is 0 Å². The molecule has 1 aliphatic rings. The summed E-state index contributed by atoms with van der Waals surface area (Å²) in [4.78, 5) is 11.1. The molecule has 0 radical (unpaired) electrons. The fourth-order valence-corrected chi connectivity index (χ4v) is 2.40. The van der Waals surface area contributed by atoms with Crippen LogP contribution in [0.15, 0.2) is 24.3 Å². The topological polar surface area (TPSA) is 58.6 Å². The summed E-state index contributed by atoms with van der Waals surface area (Å²) in [7, 11) is 0. The van der Waals surface area contributed by atoms with Crippen LogP contribution in [0.1, 0.15) is 10.9 Å². The van der Waals surface area contributed by atoms with Crippen molar-refractivity contribution in [3.8, 4) is 5.75 Å². The molecule has 0 bridgehead atoms. The summed E-state index contributed by atoms with van der Waals surface area (Å²) < 4.78 is 39.9. The molecular weight excluding hydrogens is 271 g/mol. The minimum Gasteiger partial charge on any atom is -0.406 e. The molecule has 0 spiro atoms. The predicted molar refractivity (Wildman–Crippen MR) is 57.6 cm³/mol. The number of nitrogens with one attached hydrogen (secondary N) is 1. The zero-order valence-electron chi connectivity index (χ0n) is 8.77. The van der Waals surface area contributed by atoms with Crippen LogP contribution >= 0.6 is 11.8 Å². The van der Waals surface area contributed by atoms with Gasteiger partial charge in [-0.25, -0.2) is 0 Å². The standard InChI is InChI=1S/C10H8F3NO3S/c11-10(12,13)17-6-3-1-2-5(4-6)8-14-7(15)9(16)18-8/h1-4,8-9,16H,(H,14,15). The molecule has 8 heteroatoms. The third-order valence-electron chi connectivity index (χ3n) is 2.16. The van der Waals surface area contributed by atoms with E-state index in [1.54, 1.807) is 6.07 Å². The lowest BCUT2D eigenvalue weighted by Crippen LogP contribution is -2.23. The van der Waals surface area contributed by atoms with Gasteiger partial charge in [-0.05, 0) is 17.7 Å². The van der Waals surface area contributed by atoms with Crippen LogP contribution in [0, 0.1) is 0 Å². The lowest BCUT2D eigenvalue weighted by molar-refractivity contribution is -0.274. The van der Waals surface area contributed by atoms with Gasteiger partial charge in [-0.1, -0.05) is 23.9 Å². The number of halogens is 3. The van der Waals surface area contributed by atoms with Gasteiger partial charge in [-0.2, -0.15) is 0 Å². The van der Waals surface area contributed by atoms with Crippen LogP contribution in [0.3, 0.4) is 0 Å². The molecule has 1 aromatic carbocycles. The molecule has 4 nitrogen and oxygen atoms in total. The number of carbonyl (C=O) groups excluding carboxylic acids is 1. The van der Waals surface area contributed by atoms with E-state index in [1.807, 2.05) is 0 Å². The molecule has 1 aromatic rings. The van der Waals surface area contributed by atoms with E-state index in [9.17, 15) is 23.1 Å². The molecular formula is C10H8F3NO3S. The van der Waals surface area contributed by atoms with Gasteiger partial charge < -0.3 is 15.2 Å². The Kier molecular flexibility index (Phi) is 3.40. The summed E-state index contributed by atoms with van der Waals surface area (Å²) in [5.74, 6) is -0.927. The van der Waals surface area contributed by atoms with E-state index in [0.717, 1.165) is 17.8 Å². The van der Waals surface area contributed by atoms with Gasteiger partial charge in [0.1, 0.15) is 11.1 Å². The maximum Gasteiger partial charge on any atom is 0.573 e. The molecule has 2 unspecified atom stereocenters. The lowest BCUT2D eigenvalue weighted by atomic mass is 10.2. The van der Waals surface area contributed by atoms with Gasteiger partial charge in [-0.3, -0.25) is 4.79 Å². The quantitative estimate of drug-likeness (QED) is 0.866. The number of ether oxygens (including phenoxy) is 1. The van der Waals surface area contributed by atoms with Crippen molar-refractivity contribution in [1.82, 2.24) is 5.32 Å². The molecule has 0 saturated carbocycles. The highest BCUT2D eigenvalue weighted by molar-refractivity contribution is 8.01. The highest BCUT2D eigenvalue weighted by Crippen LogP contribution is 2.36. The van der Waals surface area contributed by atoms with Crippen LogP contribution < -0.4 is 10.1 Å². The molecule has 18 heavy (non-hydrogen) atoms. The van der Waals surface area contributed by atoms with Crippen LogP contribution in [-0.2, 0) is 4.79 Å². The third-order valence-corrected chi connectivity index (χ3v) is 3.29. The first-order chi connectivity index (χ1) is 8.35. The summed E-state index contributed by atoms with van der Waals surface area (Å²) in [6.07, 6.45) is -4.76. The van der Waals surface area contributed by atoms with Crippen LogP contribution in [0.4, 0.5) is 13.2 Å². The first-order valence-electron chi connectivity index (χ1n) is 4.85. The number of thioether (sulfide) groups is 1. The van der Waals surface area contributed by atoms with Crippen molar-refractivity contribution in [1.29, 1.82) is 0 Å². The normalized spacial score (nSPS) is 23.9. The Balaban J connectivity index is 2.15. The Bertz CT molecular complexity index is 466. The van der Waals surface area contributed by atoms with Gasteiger partial charge in [0.25, 0.3) is 5.91 Å². The fourth-order valence-electron chi connectivity index (χ4n) is 1.46. The smallest absolute Gasteiger partial charge is 0.406 e. The Morgan fingerprint density at radius 3 is 2.67 bits per heavy atom. The summed E-state index contributed by atoms with van der Waals surface area (Å²) >= 11 is 0.911. The highest BCUT2D eigenvalue weighted by Gasteiger charge is 2.33. The zero-order valence-corrected chi connectivity index (χ0v) is 9.59. The van der Waals surface area contributed by atoms with Crippen LogP contribution in [0.5, 0.6) is 5.75 Å². The van der Waals surface area contributed by atoms with E-state index in [0.29, 0.717) is 5.56 Å². The number of benzene rings is 1. The number of carbonyl (C=O) groups is 1. The van der Waals surface area contributed by atoms with E-state index >= 15 is 0 Å². The minimum atomic E-state index is -4.76. The Morgan fingerprint density at radius 1 is 1.39 bits per heavy atom. The third kappa shape index (κ3) is 3.08. The highest BCUT2D eigenvalue weighted by atomic mass is 32.2. The van der Waals surface area contributed by atoms with E-state index in [2.05, 4.69) is 10.1 Å². The molecule has 0 aromatic heterocycles. The molecule has 1 amide bonds. The predicted octanol–water partition coefficient (Wildman–Crippen LogP) is 1.77. The Hall–Kier alpha value is -1.41. The second-order valence-electron chi connectivity index (χ2n) is 3.50.